The third-order valence-electron chi connectivity index (χ3n) is 5.43. The zero-order valence-electron chi connectivity index (χ0n) is 13.5. The molecule has 1 atom stereocenters. The minimum Gasteiger partial charge on any atom is -0.359 e. The highest BCUT2D eigenvalue weighted by molar-refractivity contribution is 5.84. The van der Waals surface area contributed by atoms with Gasteiger partial charge >= 0.3 is 0 Å². The molecule has 5 heteroatoms. The van der Waals surface area contributed by atoms with Crippen molar-refractivity contribution in [3.05, 3.63) is 35.6 Å². The lowest BCUT2D eigenvalue weighted by molar-refractivity contribution is -0.130. The second kappa shape index (κ2) is 6.30. The minimum atomic E-state index is -0.299. The third-order valence-corrected chi connectivity index (χ3v) is 5.43. The number of rotatable bonds is 3. The van der Waals surface area contributed by atoms with Gasteiger partial charge in [0.15, 0.2) is 0 Å². The van der Waals surface area contributed by atoms with Gasteiger partial charge in [-0.25, -0.2) is 4.39 Å². The molecule has 1 heterocycles. The summed E-state index contributed by atoms with van der Waals surface area (Å²) in [6, 6.07) is 6.03. The second-order valence-electron chi connectivity index (χ2n) is 6.81. The first-order valence-corrected chi connectivity index (χ1v) is 8.28. The summed E-state index contributed by atoms with van der Waals surface area (Å²) < 4.78 is 13.0. The van der Waals surface area contributed by atoms with Crippen molar-refractivity contribution in [2.75, 3.05) is 20.1 Å². The van der Waals surface area contributed by atoms with Gasteiger partial charge < -0.3 is 10.2 Å². The Morgan fingerprint density at radius 2 is 1.91 bits per heavy atom. The fourth-order valence-electron chi connectivity index (χ4n) is 4.17. The Labute approximate surface area is 136 Å². The van der Waals surface area contributed by atoms with E-state index in [1.807, 2.05) is 4.90 Å². The number of hydrogen-bond donors (Lipinski definition) is 1. The lowest BCUT2D eigenvalue weighted by Gasteiger charge is -2.28. The fraction of sp³-hybridized carbons (Fsp3) is 0.556. The van der Waals surface area contributed by atoms with E-state index in [2.05, 4.69) is 5.32 Å². The first kappa shape index (κ1) is 16.0. The molecule has 0 aromatic heterocycles. The highest BCUT2D eigenvalue weighted by Crippen LogP contribution is 2.49. The summed E-state index contributed by atoms with van der Waals surface area (Å²) >= 11 is 0. The van der Waals surface area contributed by atoms with Crippen molar-refractivity contribution in [1.29, 1.82) is 0 Å². The number of amides is 2. The van der Waals surface area contributed by atoms with Gasteiger partial charge in [0.25, 0.3) is 0 Å². The molecule has 1 spiro atoms. The molecule has 0 radical (unpaired) electrons. The van der Waals surface area contributed by atoms with Crippen LogP contribution in [0.1, 0.15) is 31.2 Å². The molecular formula is C18H23FN2O2. The largest absolute Gasteiger partial charge is 0.359 e. The van der Waals surface area contributed by atoms with E-state index >= 15 is 0 Å². The SMILES string of the molecule is CNC(=O)C1CN(C(=O)Cc2ccc(F)cc2)CC12CCCC2. The van der Waals surface area contributed by atoms with Crippen LogP contribution in [0, 0.1) is 17.2 Å². The third kappa shape index (κ3) is 3.09. The van der Waals surface area contributed by atoms with Gasteiger partial charge in [0, 0.05) is 25.6 Å². The average molecular weight is 318 g/mol. The Hall–Kier alpha value is -1.91. The zero-order chi connectivity index (χ0) is 16.4. The topological polar surface area (TPSA) is 49.4 Å². The van der Waals surface area contributed by atoms with Gasteiger partial charge in [0.05, 0.1) is 12.3 Å². The number of hydrogen-bond acceptors (Lipinski definition) is 2. The molecule has 1 aromatic carbocycles. The van der Waals surface area contributed by atoms with Gasteiger partial charge in [-0.15, -0.1) is 0 Å². The van der Waals surface area contributed by atoms with Gasteiger partial charge in [-0.2, -0.15) is 0 Å². The molecule has 1 saturated heterocycles. The molecule has 2 amide bonds. The van der Waals surface area contributed by atoms with Crippen molar-refractivity contribution < 1.29 is 14.0 Å². The fourth-order valence-corrected chi connectivity index (χ4v) is 4.17. The quantitative estimate of drug-likeness (QED) is 0.928. The minimum absolute atomic E-state index is 0.0225. The van der Waals surface area contributed by atoms with E-state index in [-0.39, 0.29) is 35.4 Å². The first-order chi connectivity index (χ1) is 11.0. The number of likely N-dealkylation sites (tertiary alicyclic amines) is 1. The predicted octanol–water partition coefficient (Wildman–Crippen LogP) is 2.13. The number of carbonyl (C=O) groups excluding carboxylic acids is 2. The van der Waals surface area contributed by atoms with E-state index in [4.69, 9.17) is 0 Å². The molecule has 1 aliphatic carbocycles. The van der Waals surface area contributed by atoms with Crippen molar-refractivity contribution in [3.63, 3.8) is 0 Å². The predicted molar refractivity (Wildman–Crippen MR) is 85.1 cm³/mol. The van der Waals surface area contributed by atoms with Crippen LogP contribution in [0.5, 0.6) is 0 Å². The second-order valence-corrected chi connectivity index (χ2v) is 6.81. The zero-order valence-corrected chi connectivity index (χ0v) is 13.5. The number of nitrogens with zero attached hydrogens (tertiary/aromatic N) is 1. The van der Waals surface area contributed by atoms with Crippen molar-refractivity contribution in [2.24, 2.45) is 11.3 Å². The van der Waals surface area contributed by atoms with Crippen LogP contribution >= 0.6 is 0 Å². The molecule has 124 valence electrons. The molecular weight excluding hydrogens is 295 g/mol. The molecule has 23 heavy (non-hydrogen) atoms. The lowest BCUT2D eigenvalue weighted by Crippen LogP contribution is -2.38. The summed E-state index contributed by atoms with van der Waals surface area (Å²) in [6.07, 6.45) is 4.56. The standard InChI is InChI=1S/C18H23FN2O2/c1-20-17(23)15-11-21(12-18(15)8-2-3-9-18)16(22)10-13-4-6-14(19)7-5-13/h4-7,15H,2-3,8-12H2,1H3,(H,20,23). The first-order valence-electron chi connectivity index (χ1n) is 8.28. The molecule has 2 aliphatic rings. The molecule has 1 unspecified atom stereocenters. The lowest BCUT2D eigenvalue weighted by atomic mass is 9.76. The van der Waals surface area contributed by atoms with Crippen LogP contribution in [0.4, 0.5) is 4.39 Å². The Morgan fingerprint density at radius 1 is 1.26 bits per heavy atom. The summed E-state index contributed by atoms with van der Waals surface area (Å²) in [5.74, 6) is -0.336. The number of halogens is 1. The van der Waals surface area contributed by atoms with E-state index < -0.39 is 0 Å². The molecule has 1 aromatic rings. The van der Waals surface area contributed by atoms with Gasteiger partial charge in [0.2, 0.25) is 11.8 Å². The van der Waals surface area contributed by atoms with E-state index in [9.17, 15) is 14.0 Å². The summed E-state index contributed by atoms with van der Waals surface area (Å²) in [7, 11) is 1.66. The smallest absolute Gasteiger partial charge is 0.227 e. The van der Waals surface area contributed by atoms with Crippen molar-refractivity contribution in [1.82, 2.24) is 10.2 Å². The summed E-state index contributed by atoms with van der Waals surface area (Å²) in [4.78, 5) is 26.7. The molecule has 2 fully saturated rings. The van der Waals surface area contributed by atoms with E-state index in [1.54, 1.807) is 19.2 Å². The van der Waals surface area contributed by atoms with Crippen LogP contribution in [-0.2, 0) is 16.0 Å². The van der Waals surface area contributed by atoms with E-state index in [0.29, 0.717) is 13.1 Å². The monoisotopic (exact) mass is 318 g/mol. The van der Waals surface area contributed by atoms with Crippen LogP contribution in [-0.4, -0.2) is 36.9 Å². The molecule has 3 rings (SSSR count). The number of carbonyl (C=O) groups is 2. The molecule has 1 saturated carbocycles. The van der Waals surface area contributed by atoms with E-state index in [0.717, 1.165) is 31.2 Å². The van der Waals surface area contributed by atoms with Crippen LogP contribution in [0.15, 0.2) is 24.3 Å². The van der Waals surface area contributed by atoms with Crippen molar-refractivity contribution in [3.8, 4) is 0 Å². The van der Waals surface area contributed by atoms with Crippen molar-refractivity contribution >= 4 is 11.8 Å². The Kier molecular flexibility index (Phi) is 4.37. The molecule has 4 nitrogen and oxygen atoms in total. The van der Waals surface area contributed by atoms with Crippen molar-refractivity contribution in [2.45, 2.75) is 32.1 Å². The molecule has 0 bridgehead atoms. The Morgan fingerprint density at radius 3 is 2.52 bits per heavy atom. The summed E-state index contributed by atoms with van der Waals surface area (Å²) in [5, 5.41) is 2.75. The number of benzene rings is 1. The summed E-state index contributed by atoms with van der Waals surface area (Å²) in [5.41, 5.74) is 0.763. The normalized spacial score (nSPS) is 22.5. The van der Waals surface area contributed by atoms with Gasteiger partial charge in [-0.3, -0.25) is 9.59 Å². The Bertz CT molecular complexity index is 594. The molecule has 1 aliphatic heterocycles. The maximum atomic E-state index is 13.0. The average Bonchev–Trinajstić information content (AvgIpc) is 3.17. The highest BCUT2D eigenvalue weighted by atomic mass is 19.1. The highest BCUT2D eigenvalue weighted by Gasteiger charge is 2.51. The maximum absolute atomic E-state index is 13.0. The van der Waals surface area contributed by atoms with Crippen LogP contribution in [0.2, 0.25) is 0 Å². The van der Waals surface area contributed by atoms with Crippen LogP contribution < -0.4 is 5.32 Å². The van der Waals surface area contributed by atoms with Gasteiger partial charge in [0.1, 0.15) is 5.82 Å². The van der Waals surface area contributed by atoms with Gasteiger partial charge in [-0.1, -0.05) is 25.0 Å². The molecule has 1 N–H and O–H groups in total. The van der Waals surface area contributed by atoms with E-state index in [1.165, 1.54) is 12.1 Å². The van der Waals surface area contributed by atoms with Gasteiger partial charge in [-0.05, 0) is 30.5 Å². The number of nitrogens with one attached hydrogen (secondary N) is 1. The summed E-state index contributed by atoms with van der Waals surface area (Å²) in [6.45, 7) is 1.17. The van der Waals surface area contributed by atoms with Crippen LogP contribution in [0.25, 0.3) is 0 Å². The maximum Gasteiger partial charge on any atom is 0.227 e. The van der Waals surface area contributed by atoms with Crippen LogP contribution in [0.3, 0.4) is 0 Å². The Balaban J connectivity index is 1.72.